The third kappa shape index (κ3) is 2.85. The van der Waals surface area contributed by atoms with Gasteiger partial charge in [0, 0.05) is 18.8 Å². The minimum atomic E-state index is -0.592. The molecular weight excluding hydrogens is 258 g/mol. The number of anilines is 1. The first-order chi connectivity index (χ1) is 9.51. The van der Waals surface area contributed by atoms with E-state index in [9.17, 15) is 9.59 Å². The van der Waals surface area contributed by atoms with Crippen molar-refractivity contribution in [2.45, 2.75) is 6.92 Å². The van der Waals surface area contributed by atoms with E-state index in [0.717, 1.165) is 5.56 Å². The van der Waals surface area contributed by atoms with E-state index in [0.29, 0.717) is 11.3 Å². The number of carbonyl (C=O) groups excluding carboxylic acids is 2. The number of aromatic nitrogens is 2. The summed E-state index contributed by atoms with van der Waals surface area (Å²) in [5, 5.41) is 6.64. The first-order valence-corrected chi connectivity index (χ1v) is 6.01. The summed E-state index contributed by atoms with van der Waals surface area (Å²) in [7, 11) is 2.93. The van der Waals surface area contributed by atoms with Gasteiger partial charge >= 0.3 is 5.97 Å². The molecule has 2 rings (SSSR count). The van der Waals surface area contributed by atoms with Gasteiger partial charge in [0.15, 0.2) is 5.69 Å². The lowest BCUT2D eigenvalue weighted by Crippen LogP contribution is -2.14. The highest BCUT2D eigenvalue weighted by Crippen LogP contribution is 2.16. The highest BCUT2D eigenvalue weighted by molar-refractivity contribution is 6.07. The van der Waals surface area contributed by atoms with Gasteiger partial charge in [-0.2, -0.15) is 5.10 Å². The van der Waals surface area contributed by atoms with Crippen LogP contribution in [0.1, 0.15) is 26.4 Å². The van der Waals surface area contributed by atoms with Gasteiger partial charge in [-0.25, -0.2) is 4.79 Å². The number of carbonyl (C=O) groups is 2. The number of esters is 1. The van der Waals surface area contributed by atoms with Crippen LogP contribution in [0.3, 0.4) is 0 Å². The van der Waals surface area contributed by atoms with E-state index < -0.39 is 5.97 Å². The van der Waals surface area contributed by atoms with Crippen molar-refractivity contribution in [3.05, 3.63) is 47.3 Å². The zero-order chi connectivity index (χ0) is 14.7. The average Bonchev–Trinajstić information content (AvgIpc) is 2.78. The van der Waals surface area contributed by atoms with Gasteiger partial charge in [-0.15, -0.1) is 0 Å². The number of ether oxygens (including phenoxy) is 1. The van der Waals surface area contributed by atoms with Crippen molar-refractivity contribution in [1.29, 1.82) is 0 Å². The molecule has 0 aliphatic carbocycles. The van der Waals surface area contributed by atoms with Crippen molar-refractivity contribution in [2.75, 3.05) is 12.4 Å². The number of hydrogen-bond donors (Lipinski definition) is 1. The van der Waals surface area contributed by atoms with E-state index in [-0.39, 0.29) is 11.6 Å². The number of benzene rings is 1. The second-order valence-electron chi connectivity index (χ2n) is 4.38. The van der Waals surface area contributed by atoms with E-state index >= 15 is 0 Å². The average molecular weight is 273 g/mol. The Kier molecular flexibility index (Phi) is 3.84. The number of rotatable bonds is 3. The van der Waals surface area contributed by atoms with Crippen molar-refractivity contribution in [1.82, 2.24) is 9.78 Å². The lowest BCUT2D eigenvalue weighted by atomic mass is 10.1. The molecule has 0 bridgehead atoms. The summed E-state index contributed by atoms with van der Waals surface area (Å²) < 4.78 is 6.07. The van der Waals surface area contributed by atoms with Gasteiger partial charge in [0.25, 0.3) is 5.91 Å². The molecule has 104 valence electrons. The maximum atomic E-state index is 12.1. The number of amides is 1. The summed E-state index contributed by atoms with van der Waals surface area (Å²) >= 11 is 0. The van der Waals surface area contributed by atoms with E-state index in [1.165, 1.54) is 11.8 Å². The molecule has 0 atom stereocenters. The van der Waals surface area contributed by atoms with Crippen LogP contribution in [0.15, 0.2) is 30.5 Å². The molecule has 1 aromatic heterocycles. The van der Waals surface area contributed by atoms with Crippen molar-refractivity contribution >= 4 is 17.6 Å². The predicted molar refractivity (Wildman–Crippen MR) is 73.7 cm³/mol. The van der Waals surface area contributed by atoms with Crippen molar-refractivity contribution in [2.24, 2.45) is 7.05 Å². The lowest BCUT2D eigenvalue weighted by molar-refractivity contribution is 0.0594. The Labute approximate surface area is 116 Å². The Hall–Kier alpha value is -2.63. The Balaban J connectivity index is 2.26. The largest absolute Gasteiger partial charge is 0.464 e. The third-order valence-corrected chi connectivity index (χ3v) is 2.74. The van der Waals surface area contributed by atoms with Gasteiger partial charge in [0.1, 0.15) is 0 Å². The molecule has 1 amide bonds. The van der Waals surface area contributed by atoms with E-state index in [1.54, 1.807) is 31.4 Å². The van der Waals surface area contributed by atoms with Crippen LogP contribution < -0.4 is 5.32 Å². The molecule has 0 saturated heterocycles. The van der Waals surface area contributed by atoms with Crippen LogP contribution >= 0.6 is 0 Å². The standard InChI is InChI=1S/C14H15N3O3/c1-9-5-4-6-10(7-9)13(18)15-11-8-17(2)16-12(11)14(19)20-3/h4-8H,1-3H3,(H,15,18). The zero-order valence-corrected chi connectivity index (χ0v) is 11.5. The highest BCUT2D eigenvalue weighted by atomic mass is 16.5. The fourth-order valence-electron chi connectivity index (χ4n) is 1.81. The molecule has 2 aromatic rings. The quantitative estimate of drug-likeness (QED) is 0.865. The van der Waals surface area contributed by atoms with Crippen LogP contribution in [0.4, 0.5) is 5.69 Å². The van der Waals surface area contributed by atoms with Crippen LogP contribution in [0.2, 0.25) is 0 Å². The summed E-state index contributed by atoms with van der Waals surface area (Å²) in [6.45, 7) is 1.90. The number of aryl methyl sites for hydroxylation is 2. The summed E-state index contributed by atoms with van der Waals surface area (Å²) in [5.41, 5.74) is 1.91. The highest BCUT2D eigenvalue weighted by Gasteiger charge is 2.18. The van der Waals surface area contributed by atoms with Gasteiger partial charge in [-0.1, -0.05) is 17.7 Å². The Morgan fingerprint density at radius 2 is 2.10 bits per heavy atom. The van der Waals surface area contributed by atoms with Crippen LogP contribution in [-0.2, 0) is 11.8 Å². The molecule has 1 aromatic carbocycles. The zero-order valence-electron chi connectivity index (χ0n) is 11.5. The SMILES string of the molecule is COC(=O)c1nn(C)cc1NC(=O)c1cccc(C)c1. The number of nitrogens with one attached hydrogen (secondary N) is 1. The topological polar surface area (TPSA) is 73.2 Å². The second kappa shape index (κ2) is 5.56. The molecule has 20 heavy (non-hydrogen) atoms. The third-order valence-electron chi connectivity index (χ3n) is 2.74. The normalized spacial score (nSPS) is 10.2. The van der Waals surface area contributed by atoms with Crippen LogP contribution in [0.25, 0.3) is 0 Å². The van der Waals surface area contributed by atoms with Gasteiger partial charge in [0.2, 0.25) is 0 Å². The van der Waals surface area contributed by atoms with Crippen LogP contribution in [-0.4, -0.2) is 28.8 Å². The van der Waals surface area contributed by atoms with Crippen LogP contribution in [0, 0.1) is 6.92 Å². The minimum Gasteiger partial charge on any atom is -0.464 e. The molecule has 0 saturated carbocycles. The molecular formula is C14H15N3O3. The molecule has 0 radical (unpaired) electrons. The summed E-state index contributed by atoms with van der Waals surface area (Å²) in [4.78, 5) is 23.7. The van der Waals surface area contributed by atoms with Crippen molar-refractivity contribution < 1.29 is 14.3 Å². The maximum Gasteiger partial charge on any atom is 0.360 e. The van der Waals surface area contributed by atoms with E-state index in [2.05, 4.69) is 15.2 Å². The molecule has 0 aliphatic rings. The predicted octanol–water partition coefficient (Wildman–Crippen LogP) is 1.77. The van der Waals surface area contributed by atoms with Crippen LogP contribution in [0.5, 0.6) is 0 Å². The summed E-state index contributed by atoms with van der Waals surface area (Å²) in [5.74, 6) is -0.892. The molecule has 0 aliphatic heterocycles. The molecule has 6 heteroatoms. The van der Waals surface area contributed by atoms with E-state index in [1.807, 2.05) is 13.0 Å². The van der Waals surface area contributed by atoms with Crippen molar-refractivity contribution in [3.63, 3.8) is 0 Å². The van der Waals surface area contributed by atoms with Crippen molar-refractivity contribution in [3.8, 4) is 0 Å². The molecule has 1 heterocycles. The Bertz CT molecular complexity index is 661. The summed E-state index contributed by atoms with van der Waals surface area (Å²) in [6, 6.07) is 7.18. The Morgan fingerprint density at radius 3 is 2.75 bits per heavy atom. The summed E-state index contributed by atoms with van der Waals surface area (Å²) in [6.07, 6.45) is 1.56. The van der Waals surface area contributed by atoms with Gasteiger partial charge < -0.3 is 10.1 Å². The molecule has 1 N–H and O–H groups in total. The fraction of sp³-hybridized carbons (Fsp3) is 0.214. The first-order valence-electron chi connectivity index (χ1n) is 6.01. The van der Waals surface area contributed by atoms with Gasteiger partial charge in [-0.05, 0) is 19.1 Å². The minimum absolute atomic E-state index is 0.0796. The fourth-order valence-corrected chi connectivity index (χ4v) is 1.81. The maximum absolute atomic E-state index is 12.1. The first kappa shape index (κ1) is 13.8. The second-order valence-corrected chi connectivity index (χ2v) is 4.38. The number of nitrogens with zero attached hydrogens (tertiary/aromatic N) is 2. The van der Waals surface area contributed by atoms with Gasteiger partial charge in [0.05, 0.1) is 12.8 Å². The smallest absolute Gasteiger partial charge is 0.360 e. The molecule has 0 fully saturated rings. The van der Waals surface area contributed by atoms with E-state index in [4.69, 9.17) is 0 Å². The molecule has 0 unspecified atom stereocenters. The van der Waals surface area contributed by atoms with Gasteiger partial charge in [-0.3, -0.25) is 9.48 Å². The Morgan fingerprint density at radius 1 is 1.35 bits per heavy atom. The monoisotopic (exact) mass is 273 g/mol. The number of hydrogen-bond acceptors (Lipinski definition) is 4. The number of methoxy groups -OCH3 is 1. The molecule has 6 nitrogen and oxygen atoms in total. The lowest BCUT2D eigenvalue weighted by Gasteiger charge is -2.05. The molecule has 0 spiro atoms.